The van der Waals surface area contributed by atoms with Gasteiger partial charge in [0, 0.05) is 12.4 Å². The Bertz CT molecular complexity index is 1010. The van der Waals surface area contributed by atoms with E-state index in [9.17, 15) is 14.9 Å². The monoisotopic (exact) mass is 349 g/mol. The standard InChI is InChI=1S/C19H15N3O4/c1-12-16(14(11-20)18(26-12)22-9-5-6-10-22)17(23)21-15-8-4-3-7-13(15)19(24)25-2/h3-10H,1-2H3,(H,21,23). The molecule has 2 heterocycles. The van der Waals surface area contributed by atoms with Crippen LogP contribution in [0.4, 0.5) is 5.69 Å². The molecule has 3 rings (SSSR count). The summed E-state index contributed by atoms with van der Waals surface area (Å²) in [6.07, 6.45) is 3.43. The molecular formula is C19H15N3O4. The molecule has 0 aliphatic carbocycles. The number of para-hydroxylation sites is 1. The van der Waals surface area contributed by atoms with Crippen LogP contribution in [0.3, 0.4) is 0 Å². The third-order valence-corrected chi connectivity index (χ3v) is 3.82. The van der Waals surface area contributed by atoms with Crippen LogP contribution in [0, 0.1) is 18.3 Å². The lowest BCUT2D eigenvalue weighted by atomic mass is 10.1. The van der Waals surface area contributed by atoms with Crippen molar-refractivity contribution in [2.24, 2.45) is 0 Å². The summed E-state index contributed by atoms with van der Waals surface area (Å²) < 4.78 is 12.0. The van der Waals surface area contributed by atoms with Crippen LogP contribution in [0.25, 0.3) is 5.88 Å². The lowest BCUT2D eigenvalue weighted by Crippen LogP contribution is -2.16. The first-order valence-corrected chi connectivity index (χ1v) is 7.72. The molecule has 0 saturated heterocycles. The van der Waals surface area contributed by atoms with Crippen LogP contribution in [0.1, 0.15) is 32.0 Å². The van der Waals surface area contributed by atoms with Gasteiger partial charge >= 0.3 is 5.97 Å². The van der Waals surface area contributed by atoms with Gasteiger partial charge in [-0.05, 0) is 31.2 Å². The van der Waals surface area contributed by atoms with Gasteiger partial charge in [0.25, 0.3) is 5.91 Å². The summed E-state index contributed by atoms with van der Waals surface area (Å²) in [5.41, 5.74) is 0.743. The van der Waals surface area contributed by atoms with Crippen molar-refractivity contribution in [1.29, 1.82) is 5.26 Å². The zero-order chi connectivity index (χ0) is 18.7. The predicted molar refractivity (Wildman–Crippen MR) is 93.2 cm³/mol. The summed E-state index contributed by atoms with van der Waals surface area (Å²) in [6.45, 7) is 1.61. The highest BCUT2D eigenvalue weighted by molar-refractivity contribution is 6.10. The summed E-state index contributed by atoms with van der Waals surface area (Å²) in [5, 5.41) is 12.2. The molecule has 1 aromatic carbocycles. The van der Waals surface area contributed by atoms with E-state index in [1.807, 2.05) is 6.07 Å². The second-order valence-electron chi connectivity index (χ2n) is 5.41. The molecule has 26 heavy (non-hydrogen) atoms. The van der Waals surface area contributed by atoms with E-state index in [0.29, 0.717) is 5.76 Å². The van der Waals surface area contributed by atoms with Crippen molar-refractivity contribution in [3.8, 4) is 12.0 Å². The first-order valence-electron chi connectivity index (χ1n) is 7.72. The molecule has 0 fully saturated rings. The number of nitrogens with one attached hydrogen (secondary N) is 1. The van der Waals surface area contributed by atoms with E-state index in [1.165, 1.54) is 7.11 Å². The van der Waals surface area contributed by atoms with Crippen molar-refractivity contribution < 1.29 is 18.7 Å². The minimum absolute atomic E-state index is 0.117. The number of carbonyl (C=O) groups is 2. The largest absolute Gasteiger partial charge is 0.465 e. The SMILES string of the molecule is COC(=O)c1ccccc1NC(=O)c1c(C)oc(-n2cccc2)c1C#N. The minimum Gasteiger partial charge on any atom is -0.465 e. The number of amides is 1. The molecular weight excluding hydrogens is 334 g/mol. The van der Waals surface area contributed by atoms with Crippen molar-refractivity contribution in [2.45, 2.75) is 6.92 Å². The van der Waals surface area contributed by atoms with Gasteiger partial charge < -0.3 is 14.5 Å². The fourth-order valence-corrected chi connectivity index (χ4v) is 2.62. The molecule has 0 spiro atoms. The van der Waals surface area contributed by atoms with Crippen molar-refractivity contribution in [1.82, 2.24) is 4.57 Å². The predicted octanol–water partition coefficient (Wildman–Crippen LogP) is 3.29. The smallest absolute Gasteiger partial charge is 0.339 e. The number of methoxy groups -OCH3 is 1. The zero-order valence-electron chi connectivity index (χ0n) is 14.1. The number of hydrogen-bond acceptors (Lipinski definition) is 5. The van der Waals surface area contributed by atoms with Crippen molar-refractivity contribution in [3.63, 3.8) is 0 Å². The molecule has 2 aromatic heterocycles. The number of aryl methyl sites for hydroxylation is 1. The molecule has 0 radical (unpaired) electrons. The first-order chi connectivity index (χ1) is 12.6. The number of carbonyl (C=O) groups excluding carboxylic acids is 2. The Labute approximate surface area is 149 Å². The van der Waals surface area contributed by atoms with Gasteiger partial charge in [-0.2, -0.15) is 5.26 Å². The Balaban J connectivity index is 2.00. The van der Waals surface area contributed by atoms with Crippen LogP contribution in [-0.4, -0.2) is 23.6 Å². The van der Waals surface area contributed by atoms with E-state index in [-0.39, 0.29) is 28.3 Å². The number of aromatic nitrogens is 1. The Hall–Kier alpha value is -3.79. The van der Waals surface area contributed by atoms with Gasteiger partial charge in [0.15, 0.2) is 0 Å². The fourth-order valence-electron chi connectivity index (χ4n) is 2.62. The number of anilines is 1. The second-order valence-corrected chi connectivity index (χ2v) is 5.41. The first kappa shape index (κ1) is 17.0. The number of nitrogens with zero attached hydrogens (tertiary/aromatic N) is 2. The molecule has 0 aliphatic rings. The quantitative estimate of drug-likeness (QED) is 0.729. The van der Waals surface area contributed by atoms with Crippen LogP contribution >= 0.6 is 0 Å². The fraction of sp³-hybridized carbons (Fsp3) is 0.105. The summed E-state index contributed by atoms with van der Waals surface area (Å²) in [6, 6.07) is 12.1. The highest BCUT2D eigenvalue weighted by atomic mass is 16.5. The number of ether oxygens (including phenoxy) is 1. The average Bonchev–Trinajstić information content (AvgIpc) is 3.28. The van der Waals surface area contributed by atoms with Gasteiger partial charge in [0.2, 0.25) is 5.88 Å². The number of rotatable bonds is 4. The van der Waals surface area contributed by atoms with Gasteiger partial charge in [-0.15, -0.1) is 0 Å². The van der Waals surface area contributed by atoms with Gasteiger partial charge in [-0.1, -0.05) is 12.1 Å². The number of hydrogen-bond donors (Lipinski definition) is 1. The molecule has 3 aromatic rings. The van der Waals surface area contributed by atoms with Crippen LogP contribution < -0.4 is 5.32 Å². The minimum atomic E-state index is -0.571. The molecule has 0 atom stereocenters. The molecule has 1 amide bonds. The maximum absolute atomic E-state index is 12.8. The number of nitriles is 1. The molecule has 0 saturated carbocycles. The van der Waals surface area contributed by atoms with Crippen molar-refractivity contribution in [2.75, 3.05) is 12.4 Å². The van der Waals surface area contributed by atoms with Gasteiger partial charge in [0.1, 0.15) is 23.0 Å². The Kier molecular flexibility index (Phi) is 4.58. The number of furan rings is 1. The van der Waals surface area contributed by atoms with E-state index in [1.54, 1.807) is 60.3 Å². The molecule has 0 aliphatic heterocycles. The molecule has 0 bridgehead atoms. The molecule has 1 N–H and O–H groups in total. The van der Waals surface area contributed by atoms with E-state index < -0.39 is 11.9 Å². The van der Waals surface area contributed by atoms with E-state index in [2.05, 4.69) is 5.32 Å². The van der Waals surface area contributed by atoms with Crippen LogP contribution in [-0.2, 0) is 4.74 Å². The molecule has 7 nitrogen and oxygen atoms in total. The van der Waals surface area contributed by atoms with E-state index in [0.717, 1.165) is 0 Å². The maximum atomic E-state index is 12.8. The molecule has 0 unspecified atom stereocenters. The summed E-state index contributed by atoms with van der Waals surface area (Å²) in [7, 11) is 1.26. The van der Waals surface area contributed by atoms with E-state index >= 15 is 0 Å². The average molecular weight is 349 g/mol. The Morgan fingerprint density at radius 3 is 2.54 bits per heavy atom. The Morgan fingerprint density at radius 2 is 1.88 bits per heavy atom. The highest BCUT2D eigenvalue weighted by Crippen LogP contribution is 2.27. The number of benzene rings is 1. The summed E-state index contributed by atoms with van der Waals surface area (Å²) >= 11 is 0. The maximum Gasteiger partial charge on any atom is 0.339 e. The summed E-state index contributed by atoms with van der Waals surface area (Å²) in [4.78, 5) is 24.6. The zero-order valence-corrected chi connectivity index (χ0v) is 14.1. The third kappa shape index (κ3) is 2.96. The van der Waals surface area contributed by atoms with E-state index in [4.69, 9.17) is 9.15 Å². The van der Waals surface area contributed by atoms with Gasteiger partial charge in [0.05, 0.1) is 18.4 Å². The highest BCUT2D eigenvalue weighted by Gasteiger charge is 2.25. The normalized spacial score (nSPS) is 10.2. The topological polar surface area (TPSA) is 97.3 Å². The van der Waals surface area contributed by atoms with Crippen molar-refractivity contribution >= 4 is 17.6 Å². The summed E-state index contributed by atoms with van der Waals surface area (Å²) in [5.74, 6) is -0.546. The lowest BCUT2D eigenvalue weighted by molar-refractivity contribution is 0.0602. The van der Waals surface area contributed by atoms with Crippen molar-refractivity contribution in [3.05, 3.63) is 71.2 Å². The molecule has 7 heteroatoms. The van der Waals surface area contributed by atoms with Gasteiger partial charge in [-0.3, -0.25) is 9.36 Å². The Morgan fingerprint density at radius 1 is 1.19 bits per heavy atom. The lowest BCUT2D eigenvalue weighted by Gasteiger charge is -2.09. The number of esters is 1. The van der Waals surface area contributed by atoms with Gasteiger partial charge in [-0.25, -0.2) is 4.79 Å². The van der Waals surface area contributed by atoms with Crippen LogP contribution in [0.15, 0.2) is 53.2 Å². The second kappa shape index (κ2) is 6.99. The molecule has 130 valence electrons. The third-order valence-electron chi connectivity index (χ3n) is 3.82. The van der Waals surface area contributed by atoms with Crippen LogP contribution in [0.5, 0.6) is 0 Å². The van der Waals surface area contributed by atoms with Crippen LogP contribution in [0.2, 0.25) is 0 Å².